The molecule has 2 aromatic heterocycles. The van der Waals surface area contributed by atoms with Gasteiger partial charge in [0.25, 0.3) is 0 Å². The number of nitrogens with one attached hydrogen (secondary N) is 1. The summed E-state index contributed by atoms with van der Waals surface area (Å²) in [5.41, 5.74) is 2.53. The number of benzene rings is 1. The van der Waals surface area contributed by atoms with Crippen molar-refractivity contribution in [1.29, 1.82) is 0 Å². The van der Waals surface area contributed by atoms with E-state index in [4.69, 9.17) is 11.6 Å². The number of hydrogen-bond acceptors (Lipinski definition) is 3. The van der Waals surface area contributed by atoms with Gasteiger partial charge < -0.3 is 5.32 Å². The zero-order chi connectivity index (χ0) is 18.0. The van der Waals surface area contributed by atoms with E-state index in [9.17, 15) is 9.18 Å². The average molecular weight is 362 g/mol. The first-order valence-corrected chi connectivity index (χ1v) is 8.07. The fourth-order valence-corrected chi connectivity index (χ4v) is 2.72. The number of halogens is 2. The van der Waals surface area contributed by atoms with Crippen LogP contribution in [0.2, 0.25) is 5.02 Å². The van der Waals surface area contributed by atoms with Gasteiger partial charge in [0, 0.05) is 23.0 Å². The monoisotopic (exact) mass is 361 g/mol. The van der Waals surface area contributed by atoms with Crippen molar-refractivity contribution in [1.82, 2.24) is 19.6 Å². The maximum absolute atomic E-state index is 13.1. The van der Waals surface area contributed by atoms with Crippen LogP contribution in [0.15, 0.2) is 36.5 Å². The molecule has 2 heterocycles. The predicted octanol–water partition coefficient (Wildman–Crippen LogP) is 3.18. The molecule has 0 fully saturated rings. The molecule has 0 unspecified atom stereocenters. The molecule has 0 aliphatic heterocycles. The molecule has 1 amide bonds. The van der Waals surface area contributed by atoms with Crippen LogP contribution in [0, 0.1) is 19.7 Å². The van der Waals surface area contributed by atoms with Crippen LogP contribution in [0.25, 0.3) is 0 Å². The van der Waals surface area contributed by atoms with E-state index in [1.807, 2.05) is 19.9 Å². The lowest BCUT2D eigenvalue weighted by Gasteiger charge is -2.06. The summed E-state index contributed by atoms with van der Waals surface area (Å²) in [6.07, 6.45) is 1.72. The van der Waals surface area contributed by atoms with Crippen LogP contribution in [-0.2, 0) is 17.9 Å². The van der Waals surface area contributed by atoms with Gasteiger partial charge >= 0.3 is 0 Å². The molecular weight excluding hydrogens is 345 g/mol. The molecule has 0 spiro atoms. The minimum Gasteiger partial charge on any atom is -0.308 e. The third kappa shape index (κ3) is 4.24. The molecule has 25 heavy (non-hydrogen) atoms. The van der Waals surface area contributed by atoms with Crippen molar-refractivity contribution in [3.63, 3.8) is 0 Å². The van der Waals surface area contributed by atoms with Gasteiger partial charge in [-0.05, 0) is 37.6 Å². The quantitative estimate of drug-likeness (QED) is 0.759. The lowest BCUT2D eigenvalue weighted by atomic mass is 10.2. The van der Waals surface area contributed by atoms with Crippen molar-refractivity contribution < 1.29 is 9.18 Å². The molecule has 3 aromatic rings. The molecule has 0 bridgehead atoms. The summed E-state index contributed by atoms with van der Waals surface area (Å²) in [5, 5.41) is 11.6. The van der Waals surface area contributed by atoms with Crippen molar-refractivity contribution in [2.24, 2.45) is 0 Å². The summed E-state index contributed by atoms with van der Waals surface area (Å²) >= 11 is 6.02. The van der Waals surface area contributed by atoms with Gasteiger partial charge in [-0.2, -0.15) is 10.2 Å². The van der Waals surface area contributed by atoms with E-state index in [1.54, 1.807) is 27.7 Å². The molecule has 6 nitrogen and oxygen atoms in total. The van der Waals surface area contributed by atoms with Gasteiger partial charge in [0.2, 0.25) is 5.91 Å². The Hall–Kier alpha value is -2.67. The number of aromatic nitrogens is 4. The largest absolute Gasteiger partial charge is 0.308 e. The number of carbonyl (C=O) groups is 1. The molecule has 0 saturated carbocycles. The number of aryl methyl sites for hydroxylation is 2. The number of carbonyl (C=O) groups excluding carboxylic acids is 1. The van der Waals surface area contributed by atoms with E-state index in [1.165, 1.54) is 12.1 Å². The third-order valence-electron chi connectivity index (χ3n) is 3.65. The van der Waals surface area contributed by atoms with E-state index in [2.05, 4.69) is 15.5 Å². The summed E-state index contributed by atoms with van der Waals surface area (Å²) in [6.45, 7) is 4.28. The second kappa shape index (κ2) is 7.06. The Labute approximate surface area is 149 Å². The molecule has 1 aromatic carbocycles. The van der Waals surface area contributed by atoms with E-state index >= 15 is 0 Å². The predicted molar refractivity (Wildman–Crippen MR) is 93.1 cm³/mol. The first-order valence-electron chi connectivity index (χ1n) is 7.69. The lowest BCUT2D eigenvalue weighted by molar-refractivity contribution is -0.117. The van der Waals surface area contributed by atoms with Gasteiger partial charge in [0.1, 0.15) is 12.4 Å². The molecule has 1 N–H and O–H groups in total. The Morgan fingerprint density at radius 2 is 2.04 bits per heavy atom. The Morgan fingerprint density at radius 3 is 2.72 bits per heavy atom. The van der Waals surface area contributed by atoms with E-state index in [0.29, 0.717) is 17.4 Å². The molecule has 0 saturated heterocycles. The number of amides is 1. The molecule has 130 valence electrons. The highest BCUT2D eigenvalue weighted by atomic mass is 35.5. The Morgan fingerprint density at radius 1 is 1.24 bits per heavy atom. The van der Waals surface area contributed by atoms with Gasteiger partial charge in [-0.15, -0.1) is 0 Å². The van der Waals surface area contributed by atoms with Crippen molar-refractivity contribution >= 4 is 23.3 Å². The summed E-state index contributed by atoms with van der Waals surface area (Å²) in [6, 6.07) is 7.82. The number of hydrogen-bond donors (Lipinski definition) is 1. The first kappa shape index (κ1) is 17.2. The van der Waals surface area contributed by atoms with Gasteiger partial charge in [0.05, 0.1) is 12.2 Å². The normalized spacial score (nSPS) is 10.9. The Balaban J connectivity index is 1.63. The minimum absolute atomic E-state index is 0.121. The highest BCUT2D eigenvalue weighted by molar-refractivity contribution is 6.31. The Bertz CT molecular complexity index is 918. The van der Waals surface area contributed by atoms with Crippen molar-refractivity contribution in [3.05, 3.63) is 64.3 Å². The van der Waals surface area contributed by atoms with Crippen LogP contribution in [0.1, 0.15) is 17.0 Å². The number of nitrogens with zero attached hydrogens (tertiary/aromatic N) is 4. The highest BCUT2D eigenvalue weighted by Gasteiger charge is 2.10. The average Bonchev–Trinajstić information content (AvgIpc) is 3.08. The van der Waals surface area contributed by atoms with Crippen LogP contribution in [0.4, 0.5) is 10.2 Å². The maximum atomic E-state index is 13.1. The van der Waals surface area contributed by atoms with Crippen LogP contribution >= 0.6 is 11.6 Å². The molecular formula is C17H17ClFN5O. The SMILES string of the molecule is Cc1cc(C)n(CC(=O)Nc2ccn(Cc3ccc(F)cc3Cl)n2)n1. The smallest absolute Gasteiger partial charge is 0.247 e. The zero-order valence-electron chi connectivity index (χ0n) is 13.8. The third-order valence-corrected chi connectivity index (χ3v) is 4.00. The van der Waals surface area contributed by atoms with Gasteiger partial charge in [0.15, 0.2) is 5.82 Å². The number of anilines is 1. The molecule has 0 aliphatic carbocycles. The summed E-state index contributed by atoms with van der Waals surface area (Å²) in [7, 11) is 0. The van der Waals surface area contributed by atoms with Crippen LogP contribution < -0.4 is 5.32 Å². The van der Waals surface area contributed by atoms with E-state index < -0.39 is 0 Å². The fourth-order valence-electron chi connectivity index (χ4n) is 2.49. The van der Waals surface area contributed by atoms with Crippen molar-refractivity contribution in [2.45, 2.75) is 26.9 Å². The van der Waals surface area contributed by atoms with Crippen molar-refractivity contribution in [2.75, 3.05) is 5.32 Å². The number of rotatable bonds is 5. The van der Waals surface area contributed by atoms with Crippen LogP contribution in [0.5, 0.6) is 0 Å². The molecule has 8 heteroatoms. The molecule has 0 aliphatic rings. The standard InChI is InChI=1S/C17H17ClFN5O/c1-11-7-12(2)24(21-11)10-17(25)20-16-5-6-23(22-16)9-13-3-4-14(19)8-15(13)18/h3-8H,9-10H2,1-2H3,(H,20,22,25). The van der Waals surface area contributed by atoms with Crippen LogP contribution in [-0.4, -0.2) is 25.5 Å². The summed E-state index contributed by atoms with van der Waals surface area (Å²) in [4.78, 5) is 12.1. The Kier molecular flexibility index (Phi) is 4.85. The minimum atomic E-state index is -0.383. The lowest BCUT2D eigenvalue weighted by Crippen LogP contribution is -2.20. The fraction of sp³-hybridized carbons (Fsp3) is 0.235. The second-order valence-electron chi connectivity index (χ2n) is 5.77. The zero-order valence-corrected chi connectivity index (χ0v) is 14.6. The van der Waals surface area contributed by atoms with E-state index in [0.717, 1.165) is 17.0 Å². The summed E-state index contributed by atoms with van der Waals surface area (Å²) < 4.78 is 16.3. The molecule has 0 atom stereocenters. The van der Waals surface area contributed by atoms with Crippen LogP contribution in [0.3, 0.4) is 0 Å². The highest BCUT2D eigenvalue weighted by Crippen LogP contribution is 2.18. The second-order valence-corrected chi connectivity index (χ2v) is 6.17. The van der Waals surface area contributed by atoms with E-state index in [-0.39, 0.29) is 18.3 Å². The van der Waals surface area contributed by atoms with Gasteiger partial charge in [-0.1, -0.05) is 17.7 Å². The van der Waals surface area contributed by atoms with Gasteiger partial charge in [-0.3, -0.25) is 14.2 Å². The van der Waals surface area contributed by atoms with Gasteiger partial charge in [-0.25, -0.2) is 4.39 Å². The topological polar surface area (TPSA) is 64.7 Å². The first-order chi connectivity index (χ1) is 11.9. The maximum Gasteiger partial charge on any atom is 0.247 e. The summed E-state index contributed by atoms with van der Waals surface area (Å²) in [5.74, 6) is -0.160. The van der Waals surface area contributed by atoms with Crippen molar-refractivity contribution in [3.8, 4) is 0 Å². The molecule has 0 radical (unpaired) electrons. The molecule has 3 rings (SSSR count).